The number of nitrogens with zero attached hydrogens (tertiary/aromatic N) is 1. The molecule has 3 aromatic rings. The highest BCUT2D eigenvalue weighted by Gasteiger charge is 2.47. The molecule has 1 atom stereocenters. The molecule has 8 nitrogen and oxygen atoms in total. The van der Waals surface area contributed by atoms with Gasteiger partial charge >= 0.3 is 0 Å². The normalized spacial score (nSPS) is 17.9. The van der Waals surface area contributed by atoms with E-state index in [0.717, 1.165) is 0 Å². The number of aliphatic hydroxyl groups excluding tert-OH is 1. The number of hydrogen-bond acceptors (Lipinski definition) is 7. The summed E-state index contributed by atoms with van der Waals surface area (Å²) < 4.78 is 22.5. The minimum absolute atomic E-state index is 0.0135. The monoisotopic (exact) mass is 515 g/mol. The number of carbonyl (C=O) groups is 2. The quantitative estimate of drug-likeness (QED) is 0.248. The highest BCUT2D eigenvalue weighted by Crippen LogP contribution is 2.45. The first-order chi connectivity index (χ1) is 18.2. The van der Waals surface area contributed by atoms with Crippen LogP contribution in [0.15, 0.2) is 72.3 Å². The van der Waals surface area contributed by atoms with Crippen molar-refractivity contribution in [2.24, 2.45) is 0 Å². The second kappa shape index (κ2) is 10.1. The van der Waals surface area contributed by atoms with Crippen LogP contribution in [0.3, 0.4) is 0 Å². The van der Waals surface area contributed by atoms with Gasteiger partial charge in [0.1, 0.15) is 17.3 Å². The molecule has 2 aliphatic heterocycles. The van der Waals surface area contributed by atoms with E-state index in [2.05, 4.69) is 0 Å². The van der Waals surface area contributed by atoms with Crippen molar-refractivity contribution in [1.82, 2.24) is 0 Å². The molecule has 2 heterocycles. The molecule has 1 unspecified atom stereocenters. The minimum Gasteiger partial charge on any atom is -0.507 e. The number of benzene rings is 3. The average molecular weight is 516 g/mol. The zero-order valence-corrected chi connectivity index (χ0v) is 21.6. The summed E-state index contributed by atoms with van der Waals surface area (Å²) in [5.74, 6) is 0.396. The predicted molar refractivity (Wildman–Crippen MR) is 142 cm³/mol. The topological polar surface area (TPSA) is 94.5 Å². The largest absolute Gasteiger partial charge is 0.507 e. The Hall–Kier alpha value is -4.46. The van der Waals surface area contributed by atoms with Crippen molar-refractivity contribution in [2.45, 2.75) is 45.9 Å². The standard InChI is InChI=1S/C30H29NO7/c1-17(2)37-22-11-8-19(9-12-22)27-26(28(32)20-6-5-7-23(14-20)38-18(3)4)29(33)30(34)31(27)21-10-13-24-25(15-21)36-16-35-24/h5-15,17-18,27,32H,16H2,1-4H3/b28-26+. The van der Waals surface area contributed by atoms with E-state index in [-0.39, 0.29) is 30.3 Å². The Labute approximate surface area is 221 Å². The van der Waals surface area contributed by atoms with Gasteiger partial charge in [-0.15, -0.1) is 0 Å². The highest BCUT2D eigenvalue weighted by molar-refractivity contribution is 6.51. The maximum atomic E-state index is 13.5. The van der Waals surface area contributed by atoms with E-state index in [9.17, 15) is 14.7 Å². The number of hydrogen-bond donors (Lipinski definition) is 1. The van der Waals surface area contributed by atoms with Crippen molar-refractivity contribution in [2.75, 3.05) is 11.7 Å². The lowest BCUT2D eigenvalue weighted by Gasteiger charge is -2.26. The van der Waals surface area contributed by atoms with Crippen molar-refractivity contribution >= 4 is 23.1 Å². The number of carbonyl (C=O) groups excluding carboxylic acids is 2. The van der Waals surface area contributed by atoms with E-state index in [0.29, 0.717) is 39.8 Å². The number of Topliss-reactive ketones (excluding diaryl/α,β-unsaturated/α-hetero) is 1. The molecular formula is C30H29NO7. The molecular weight excluding hydrogens is 486 g/mol. The third-order valence-electron chi connectivity index (χ3n) is 6.13. The molecule has 0 bridgehead atoms. The van der Waals surface area contributed by atoms with E-state index in [1.54, 1.807) is 66.7 Å². The molecule has 2 aliphatic rings. The second-order valence-corrected chi connectivity index (χ2v) is 9.64. The Bertz CT molecular complexity index is 1410. The molecule has 1 fully saturated rings. The van der Waals surface area contributed by atoms with Crippen LogP contribution in [0.1, 0.15) is 44.9 Å². The van der Waals surface area contributed by atoms with E-state index in [1.807, 2.05) is 27.7 Å². The van der Waals surface area contributed by atoms with Gasteiger partial charge in [0.05, 0.1) is 23.8 Å². The Morgan fingerprint density at radius 2 is 1.55 bits per heavy atom. The molecule has 5 rings (SSSR count). The first-order valence-electron chi connectivity index (χ1n) is 12.5. The first-order valence-corrected chi connectivity index (χ1v) is 12.5. The Kier molecular flexibility index (Phi) is 6.72. The van der Waals surface area contributed by atoms with Gasteiger partial charge in [0, 0.05) is 17.3 Å². The van der Waals surface area contributed by atoms with E-state index in [4.69, 9.17) is 18.9 Å². The average Bonchev–Trinajstić information content (AvgIpc) is 3.45. The second-order valence-electron chi connectivity index (χ2n) is 9.64. The molecule has 0 aromatic heterocycles. The number of ether oxygens (including phenoxy) is 4. The number of rotatable bonds is 7. The number of fused-ring (bicyclic) bond motifs is 1. The third kappa shape index (κ3) is 4.77. The fourth-order valence-electron chi connectivity index (χ4n) is 4.59. The van der Waals surface area contributed by atoms with Crippen LogP contribution < -0.4 is 23.8 Å². The van der Waals surface area contributed by atoms with Gasteiger partial charge < -0.3 is 24.1 Å². The summed E-state index contributed by atoms with van der Waals surface area (Å²) >= 11 is 0. The fourth-order valence-corrected chi connectivity index (χ4v) is 4.59. The summed E-state index contributed by atoms with van der Waals surface area (Å²) in [7, 11) is 0. The van der Waals surface area contributed by atoms with Gasteiger partial charge in [0.2, 0.25) is 6.79 Å². The summed E-state index contributed by atoms with van der Waals surface area (Å²) in [5.41, 5.74) is 1.43. The van der Waals surface area contributed by atoms with Crippen molar-refractivity contribution in [3.63, 3.8) is 0 Å². The third-order valence-corrected chi connectivity index (χ3v) is 6.13. The van der Waals surface area contributed by atoms with Crippen LogP contribution in [0.4, 0.5) is 5.69 Å². The zero-order valence-electron chi connectivity index (χ0n) is 21.6. The fraction of sp³-hybridized carbons (Fsp3) is 0.267. The lowest BCUT2D eigenvalue weighted by Crippen LogP contribution is -2.29. The SMILES string of the molecule is CC(C)Oc1ccc(C2/C(=C(\O)c3cccc(OC(C)C)c3)C(=O)C(=O)N2c2ccc3c(c2)OCO3)cc1. The Morgan fingerprint density at radius 3 is 2.26 bits per heavy atom. The van der Waals surface area contributed by atoms with Gasteiger partial charge in [0.15, 0.2) is 11.5 Å². The molecule has 8 heteroatoms. The molecule has 0 radical (unpaired) electrons. The van der Waals surface area contributed by atoms with Crippen molar-refractivity contribution in [3.05, 3.63) is 83.4 Å². The minimum atomic E-state index is -0.891. The van der Waals surface area contributed by atoms with Crippen molar-refractivity contribution in [3.8, 4) is 23.0 Å². The predicted octanol–water partition coefficient (Wildman–Crippen LogP) is 5.62. The Morgan fingerprint density at radius 1 is 0.868 bits per heavy atom. The van der Waals surface area contributed by atoms with Gasteiger partial charge in [-0.2, -0.15) is 0 Å². The van der Waals surface area contributed by atoms with E-state index >= 15 is 0 Å². The molecule has 1 N–H and O–H groups in total. The summed E-state index contributed by atoms with van der Waals surface area (Å²) in [6.07, 6.45) is -0.0870. The summed E-state index contributed by atoms with van der Waals surface area (Å²) in [4.78, 5) is 28.3. The Balaban J connectivity index is 1.64. The lowest BCUT2D eigenvalue weighted by atomic mass is 9.95. The van der Waals surface area contributed by atoms with Crippen LogP contribution in [0.2, 0.25) is 0 Å². The first kappa shape index (κ1) is 25.2. The number of ketones is 1. The zero-order chi connectivity index (χ0) is 27.0. The summed E-state index contributed by atoms with van der Waals surface area (Å²) in [5, 5.41) is 11.4. The van der Waals surface area contributed by atoms with Crippen LogP contribution >= 0.6 is 0 Å². The lowest BCUT2D eigenvalue weighted by molar-refractivity contribution is -0.132. The summed E-state index contributed by atoms with van der Waals surface area (Å²) in [6, 6.07) is 18.1. The van der Waals surface area contributed by atoms with Gasteiger partial charge in [-0.25, -0.2) is 0 Å². The van der Waals surface area contributed by atoms with Crippen LogP contribution in [-0.4, -0.2) is 35.8 Å². The molecule has 1 amide bonds. The van der Waals surface area contributed by atoms with E-state index in [1.165, 1.54) is 4.90 Å². The number of anilines is 1. The molecule has 0 spiro atoms. The van der Waals surface area contributed by atoms with E-state index < -0.39 is 17.7 Å². The van der Waals surface area contributed by atoms with Gasteiger partial charge in [-0.3, -0.25) is 14.5 Å². The molecule has 38 heavy (non-hydrogen) atoms. The number of aliphatic hydroxyl groups is 1. The molecule has 0 aliphatic carbocycles. The molecule has 196 valence electrons. The van der Waals surface area contributed by atoms with Crippen LogP contribution in [-0.2, 0) is 9.59 Å². The van der Waals surface area contributed by atoms with Crippen molar-refractivity contribution < 1.29 is 33.6 Å². The van der Waals surface area contributed by atoms with Gasteiger partial charge in [-0.05, 0) is 69.7 Å². The molecule has 1 saturated heterocycles. The van der Waals surface area contributed by atoms with Gasteiger partial charge in [0.25, 0.3) is 11.7 Å². The molecule has 3 aromatic carbocycles. The smallest absolute Gasteiger partial charge is 0.300 e. The maximum Gasteiger partial charge on any atom is 0.300 e. The summed E-state index contributed by atoms with van der Waals surface area (Å²) in [6.45, 7) is 7.73. The highest BCUT2D eigenvalue weighted by atomic mass is 16.7. The maximum absolute atomic E-state index is 13.5. The van der Waals surface area contributed by atoms with Crippen molar-refractivity contribution in [1.29, 1.82) is 0 Å². The number of amides is 1. The van der Waals surface area contributed by atoms with Crippen LogP contribution in [0.5, 0.6) is 23.0 Å². The van der Waals surface area contributed by atoms with Crippen LogP contribution in [0.25, 0.3) is 5.76 Å². The van der Waals surface area contributed by atoms with Gasteiger partial charge in [-0.1, -0.05) is 24.3 Å². The van der Waals surface area contributed by atoms with Crippen LogP contribution in [0, 0.1) is 0 Å². The molecule has 0 saturated carbocycles.